The molecule has 4 N–H and O–H groups in total. The average molecular weight is 531 g/mol. The van der Waals surface area contributed by atoms with E-state index in [1.807, 2.05) is 31.2 Å². The summed E-state index contributed by atoms with van der Waals surface area (Å²) in [5.41, 5.74) is 6.42. The maximum absolute atomic E-state index is 14.0. The van der Waals surface area contributed by atoms with E-state index in [0.717, 1.165) is 44.1 Å². The predicted octanol–water partition coefficient (Wildman–Crippen LogP) is 4.14. The molecule has 1 aromatic carbocycles. The Morgan fingerprint density at radius 1 is 1.05 bits per heavy atom. The third kappa shape index (κ3) is 9.99. The molecule has 0 heterocycles. The molecule has 0 spiro atoms. The number of amides is 4. The summed E-state index contributed by atoms with van der Waals surface area (Å²) in [7, 11) is 0. The summed E-state index contributed by atoms with van der Waals surface area (Å²) in [5.74, 6) is -1.28. The fourth-order valence-corrected chi connectivity index (χ4v) is 4.74. The zero-order valence-electron chi connectivity index (χ0n) is 23.7. The molecule has 1 aliphatic carbocycles. The third-order valence-electron chi connectivity index (χ3n) is 6.63. The van der Waals surface area contributed by atoms with Crippen LogP contribution in [0.3, 0.4) is 0 Å². The van der Waals surface area contributed by atoms with Gasteiger partial charge in [-0.1, -0.05) is 57.4 Å². The van der Waals surface area contributed by atoms with Crippen molar-refractivity contribution in [1.29, 1.82) is 0 Å². The van der Waals surface area contributed by atoms with E-state index in [1.54, 1.807) is 20.8 Å². The van der Waals surface area contributed by atoms with E-state index in [9.17, 15) is 19.2 Å². The molecule has 0 bridgehead atoms. The molecule has 4 amide bonds. The molecule has 0 aliphatic heterocycles. The van der Waals surface area contributed by atoms with Gasteiger partial charge < -0.3 is 26.0 Å². The summed E-state index contributed by atoms with van der Waals surface area (Å²) in [5, 5.41) is 5.80. The first-order valence-electron chi connectivity index (χ1n) is 13.9. The number of carbonyl (C=O) groups excluding carboxylic acids is 4. The van der Waals surface area contributed by atoms with Crippen LogP contribution in [0.1, 0.15) is 103 Å². The first-order chi connectivity index (χ1) is 17.9. The van der Waals surface area contributed by atoms with Crippen LogP contribution in [-0.2, 0) is 25.5 Å². The van der Waals surface area contributed by atoms with Gasteiger partial charge in [-0.15, -0.1) is 0 Å². The number of primary amides is 1. The van der Waals surface area contributed by atoms with E-state index in [1.165, 1.54) is 4.90 Å². The zero-order valence-corrected chi connectivity index (χ0v) is 23.7. The van der Waals surface area contributed by atoms with E-state index in [-0.39, 0.29) is 24.8 Å². The van der Waals surface area contributed by atoms with Crippen molar-refractivity contribution in [1.82, 2.24) is 15.5 Å². The van der Waals surface area contributed by atoms with Gasteiger partial charge in [0.2, 0.25) is 17.7 Å². The Balaban J connectivity index is 2.43. The highest BCUT2D eigenvalue weighted by Crippen LogP contribution is 2.26. The number of hydrogen-bond donors (Lipinski definition) is 3. The molecular formula is C29H46N4O5. The molecule has 0 radical (unpaired) electrons. The highest BCUT2D eigenvalue weighted by molar-refractivity contribution is 5.92. The molecule has 1 aromatic rings. The number of rotatable bonds is 12. The summed E-state index contributed by atoms with van der Waals surface area (Å²) >= 11 is 0. The molecule has 1 fully saturated rings. The average Bonchev–Trinajstić information content (AvgIpc) is 2.85. The highest BCUT2D eigenvalue weighted by Gasteiger charge is 2.36. The molecule has 2 atom stereocenters. The van der Waals surface area contributed by atoms with E-state index in [2.05, 4.69) is 17.6 Å². The monoisotopic (exact) mass is 530 g/mol. The van der Waals surface area contributed by atoms with Crippen molar-refractivity contribution < 1.29 is 23.9 Å². The summed E-state index contributed by atoms with van der Waals surface area (Å²) in [6, 6.07) is 5.82. The molecule has 0 saturated heterocycles. The second-order valence-corrected chi connectivity index (χ2v) is 11.1. The summed E-state index contributed by atoms with van der Waals surface area (Å²) in [6.45, 7) is 9.45. The van der Waals surface area contributed by atoms with Gasteiger partial charge in [0, 0.05) is 19.0 Å². The number of aryl methyl sites for hydroxylation is 1. The molecule has 9 heteroatoms. The first-order valence-corrected chi connectivity index (χ1v) is 13.9. The number of hydrogen-bond acceptors (Lipinski definition) is 5. The molecule has 38 heavy (non-hydrogen) atoms. The quantitative estimate of drug-likeness (QED) is 0.374. The Labute approximate surface area is 227 Å². The molecule has 9 nitrogen and oxygen atoms in total. The Morgan fingerprint density at radius 3 is 2.21 bits per heavy atom. The molecule has 212 valence electrons. The van der Waals surface area contributed by atoms with Crippen LogP contribution in [-0.4, -0.2) is 52.9 Å². The lowest BCUT2D eigenvalue weighted by atomic mass is 9.94. The van der Waals surface area contributed by atoms with Crippen LogP contribution >= 0.6 is 0 Å². The van der Waals surface area contributed by atoms with Gasteiger partial charge in [-0.05, 0) is 64.0 Å². The van der Waals surface area contributed by atoms with Crippen LogP contribution in [0, 0.1) is 0 Å². The number of ether oxygens (including phenoxy) is 1. The second-order valence-electron chi connectivity index (χ2n) is 11.1. The Kier molecular flexibility index (Phi) is 12.1. The van der Waals surface area contributed by atoms with Gasteiger partial charge >= 0.3 is 6.09 Å². The summed E-state index contributed by atoms with van der Waals surface area (Å²) in [6.07, 6.45) is 5.69. The van der Waals surface area contributed by atoms with Gasteiger partial charge in [-0.3, -0.25) is 14.4 Å². The fraction of sp³-hybridized carbons (Fsp3) is 0.655. The minimum absolute atomic E-state index is 0.000635. The first kappa shape index (κ1) is 31.1. The standard InChI is InChI=1S/C29H46N4O5/c1-6-19-33(27(36)23(17-18-24(30)34)32-28(37)38-29(3,4)5)25(21-15-13-20(7-2)14-16-21)26(35)31-22-11-9-8-10-12-22/h13-16,22-23,25H,6-12,17-19H2,1-5H3,(H2,30,34)(H,31,35)(H,32,37). The van der Waals surface area contributed by atoms with Crippen molar-refractivity contribution in [3.63, 3.8) is 0 Å². The van der Waals surface area contributed by atoms with Crippen molar-refractivity contribution >= 4 is 23.8 Å². The summed E-state index contributed by atoms with van der Waals surface area (Å²) in [4.78, 5) is 53.5. The van der Waals surface area contributed by atoms with Gasteiger partial charge in [0.25, 0.3) is 0 Å². The number of nitrogens with two attached hydrogens (primary N) is 1. The van der Waals surface area contributed by atoms with Crippen LogP contribution in [0.25, 0.3) is 0 Å². The molecule has 1 aliphatic rings. The predicted molar refractivity (Wildman–Crippen MR) is 147 cm³/mol. The van der Waals surface area contributed by atoms with Crippen LogP contribution in [0.4, 0.5) is 4.79 Å². The Morgan fingerprint density at radius 2 is 1.68 bits per heavy atom. The number of nitrogens with one attached hydrogen (secondary N) is 2. The van der Waals surface area contributed by atoms with E-state index >= 15 is 0 Å². The van der Waals surface area contributed by atoms with Crippen LogP contribution in [0.15, 0.2) is 24.3 Å². The topological polar surface area (TPSA) is 131 Å². The van der Waals surface area contributed by atoms with Crippen molar-refractivity contribution in [2.75, 3.05) is 6.54 Å². The van der Waals surface area contributed by atoms with Gasteiger partial charge in [-0.25, -0.2) is 4.79 Å². The molecule has 2 rings (SSSR count). The van der Waals surface area contributed by atoms with Crippen molar-refractivity contribution in [2.24, 2.45) is 5.73 Å². The van der Waals surface area contributed by atoms with Crippen LogP contribution in [0.2, 0.25) is 0 Å². The van der Waals surface area contributed by atoms with Gasteiger partial charge in [-0.2, -0.15) is 0 Å². The van der Waals surface area contributed by atoms with Crippen molar-refractivity contribution in [2.45, 2.75) is 116 Å². The minimum atomic E-state index is -1.08. The highest BCUT2D eigenvalue weighted by atomic mass is 16.6. The summed E-state index contributed by atoms with van der Waals surface area (Å²) < 4.78 is 5.37. The largest absolute Gasteiger partial charge is 0.444 e. The lowest BCUT2D eigenvalue weighted by molar-refractivity contribution is -0.143. The number of carbonyl (C=O) groups is 4. The smallest absolute Gasteiger partial charge is 0.408 e. The Bertz CT molecular complexity index is 935. The number of benzene rings is 1. The molecule has 0 aromatic heterocycles. The normalized spacial score (nSPS) is 15.7. The van der Waals surface area contributed by atoms with Gasteiger partial charge in [0.05, 0.1) is 0 Å². The second kappa shape index (κ2) is 14.7. The lowest BCUT2D eigenvalue weighted by Gasteiger charge is -2.35. The molecule has 2 unspecified atom stereocenters. The van der Waals surface area contributed by atoms with Gasteiger partial charge in [0.1, 0.15) is 17.7 Å². The SMILES string of the molecule is CCCN(C(=O)C(CCC(N)=O)NC(=O)OC(C)(C)C)C(C(=O)NC1CCCCC1)c1ccc(CC)cc1. The fourth-order valence-electron chi connectivity index (χ4n) is 4.74. The van der Waals surface area contributed by atoms with Gasteiger partial charge in [0.15, 0.2) is 0 Å². The van der Waals surface area contributed by atoms with Crippen LogP contribution < -0.4 is 16.4 Å². The van der Waals surface area contributed by atoms with E-state index in [4.69, 9.17) is 10.5 Å². The third-order valence-corrected chi connectivity index (χ3v) is 6.63. The molecular weight excluding hydrogens is 484 g/mol. The minimum Gasteiger partial charge on any atom is -0.444 e. The van der Waals surface area contributed by atoms with Crippen molar-refractivity contribution in [3.8, 4) is 0 Å². The number of nitrogens with zero attached hydrogens (tertiary/aromatic N) is 1. The van der Waals surface area contributed by atoms with Crippen molar-refractivity contribution in [3.05, 3.63) is 35.4 Å². The Hall–Kier alpha value is -3.10. The molecule has 1 saturated carbocycles. The number of alkyl carbamates (subject to hydrolysis) is 1. The maximum atomic E-state index is 14.0. The lowest BCUT2D eigenvalue weighted by Crippen LogP contribution is -2.54. The van der Waals surface area contributed by atoms with E-state index in [0.29, 0.717) is 18.5 Å². The maximum Gasteiger partial charge on any atom is 0.408 e. The van der Waals surface area contributed by atoms with E-state index < -0.39 is 35.6 Å². The van der Waals surface area contributed by atoms with Crippen LogP contribution in [0.5, 0.6) is 0 Å². The zero-order chi connectivity index (χ0) is 28.3.